The van der Waals surface area contributed by atoms with Crippen molar-refractivity contribution in [2.75, 3.05) is 5.32 Å². The van der Waals surface area contributed by atoms with E-state index >= 15 is 0 Å². The van der Waals surface area contributed by atoms with Crippen LogP contribution in [0, 0.1) is 6.92 Å². The monoisotopic (exact) mass is 408 g/mol. The summed E-state index contributed by atoms with van der Waals surface area (Å²) in [5, 5.41) is 7.09. The average molecular weight is 409 g/mol. The molecule has 3 aromatic rings. The third-order valence-electron chi connectivity index (χ3n) is 5.01. The maximum Gasteiger partial charge on any atom is 0.263 e. The summed E-state index contributed by atoms with van der Waals surface area (Å²) in [7, 11) is 0. The molecule has 0 saturated heterocycles. The maximum absolute atomic E-state index is 12.9. The summed E-state index contributed by atoms with van der Waals surface area (Å²) in [4.78, 5) is 22.0. The number of hydrogen-bond acceptors (Lipinski definition) is 6. The van der Waals surface area contributed by atoms with Crippen LogP contribution >= 0.6 is 11.3 Å². The molecule has 0 aliphatic heterocycles. The number of nitrogens with one attached hydrogen (secondary N) is 2. The fourth-order valence-corrected chi connectivity index (χ4v) is 4.41. The second-order valence-electron chi connectivity index (χ2n) is 7.14. The van der Waals surface area contributed by atoms with Crippen molar-refractivity contribution in [3.05, 3.63) is 71.0 Å². The highest BCUT2D eigenvalue weighted by molar-refractivity contribution is 7.17. The van der Waals surface area contributed by atoms with E-state index in [2.05, 4.69) is 32.7 Å². The second-order valence-corrected chi connectivity index (χ2v) is 8.14. The zero-order valence-electron chi connectivity index (χ0n) is 16.3. The van der Waals surface area contributed by atoms with E-state index in [-0.39, 0.29) is 18.1 Å². The number of amides is 1. The summed E-state index contributed by atoms with van der Waals surface area (Å²) in [5.41, 5.74) is 2.77. The Bertz CT molecular complexity index is 946. The predicted octanol–water partition coefficient (Wildman–Crippen LogP) is 4.46. The zero-order valence-corrected chi connectivity index (χ0v) is 17.1. The van der Waals surface area contributed by atoms with Gasteiger partial charge in [0.1, 0.15) is 4.88 Å². The first-order chi connectivity index (χ1) is 14.2. The number of anilines is 2. The molecular weight excluding hydrogens is 384 g/mol. The summed E-state index contributed by atoms with van der Waals surface area (Å²) in [5.74, 6) is -0.0806. The minimum Gasteiger partial charge on any atom is -0.371 e. The quantitative estimate of drug-likeness (QED) is 0.604. The molecule has 0 unspecified atom stereocenters. The fraction of sp³-hybridized carbons (Fsp3) is 0.318. The number of hydrogen-bond donors (Lipinski definition) is 2. The molecule has 4 rings (SSSR count). The molecule has 0 spiro atoms. The van der Waals surface area contributed by atoms with Crippen molar-refractivity contribution in [2.45, 2.75) is 44.9 Å². The van der Waals surface area contributed by atoms with E-state index in [0.29, 0.717) is 16.6 Å². The van der Waals surface area contributed by atoms with Gasteiger partial charge in [0, 0.05) is 18.1 Å². The molecule has 1 aliphatic carbocycles. The summed E-state index contributed by atoms with van der Waals surface area (Å²) < 4.78 is 6.11. The molecule has 0 bridgehead atoms. The predicted molar refractivity (Wildman–Crippen MR) is 114 cm³/mol. The van der Waals surface area contributed by atoms with Crippen LogP contribution in [0.5, 0.6) is 0 Å². The molecule has 150 valence electrons. The molecule has 0 radical (unpaired) electrons. The molecular formula is C22H24N4O2S. The molecule has 1 amide bonds. The van der Waals surface area contributed by atoms with Gasteiger partial charge in [0.15, 0.2) is 5.13 Å². The Hall–Kier alpha value is -2.77. The van der Waals surface area contributed by atoms with Gasteiger partial charge >= 0.3 is 0 Å². The van der Waals surface area contributed by atoms with E-state index in [1.807, 2.05) is 37.3 Å². The van der Waals surface area contributed by atoms with E-state index in [1.165, 1.54) is 11.3 Å². The summed E-state index contributed by atoms with van der Waals surface area (Å²) >= 11 is 1.36. The van der Waals surface area contributed by atoms with Gasteiger partial charge in [-0.05, 0) is 43.9 Å². The Morgan fingerprint density at radius 1 is 1.17 bits per heavy atom. The van der Waals surface area contributed by atoms with E-state index < -0.39 is 0 Å². The minimum absolute atomic E-state index is 0.0318. The number of nitrogens with zero attached hydrogens (tertiary/aromatic N) is 2. The summed E-state index contributed by atoms with van der Waals surface area (Å²) in [6.45, 7) is 2.43. The highest BCUT2D eigenvalue weighted by Crippen LogP contribution is 2.27. The third-order valence-corrected chi connectivity index (χ3v) is 6.08. The van der Waals surface area contributed by atoms with Crippen molar-refractivity contribution in [3.63, 3.8) is 0 Å². The topological polar surface area (TPSA) is 76.1 Å². The zero-order chi connectivity index (χ0) is 20.1. The van der Waals surface area contributed by atoms with Crippen molar-refractivity contribution in [1.82, 2.24) is 15.3 Å². The van der Waals surface area contributed by atoms with Crippen molar-refractivity contribution in [1.29, 1.82) is 0 Å². The lowest BCUT2D eigenvalue weighted by Crippen LogP contribution is -2.41. The van der Waals surface area contributed by atoms with Gasteiger partial charge in [-0.25, -0.2) is 4.98 Å². The Morgan fingerprint density at radius 3 is 2.76 bits per heavy atom. The van der Waals surface area contributed by atoms with Gasteiger partial charge in [-0.1, -0.05) is 41.7 Å². The van der Waals surface area contributed by atoms with E-state index in [4.69, 9.17) is 4.74 Å². The van der Waals surface area contributed by atoms with Crippen LogP contribution in [-0.4, -0.2) is 28.0 Å². The standard InChI is InChI=1S/C22H24N4O2S/c1-15-20(29-22(24-15)25-17-10-12-23-13-11-17)21(27)26-18-8-5-9-19(18)28-14-16-6-3-2-4-7-16/h2-4,6-7,10-13,18-19H,5,8-9,14H2,1H3,(H,26,27)(H,23,24,25)/t18-,19-/m0/s1. The number of ether oxygens (including phenoxy) is 1. The summed E-state index contributed by atoms with van der Waals surface area (Å²) in [6.07, 6.45) is 6.43. The van der Waals surface area contributed by atoms with Crippen LogP contribution in [-0.2, 0) is 11.3 Å². The highest BCUT2D eigenvalue weighted by Gasteiger charge is 2.30. The first kappa shape index (κ1) is 19.5. The van der Waals surface area contributed by atoms with Gasteiger partial charge in [-0.15, -0.1) is 0 Å². The molecule has 29 heavy (non-hydrogen) atoms. The lowest BCUT2D eigenvalue weighted by molar-refractivity contribution is 0.0272. The Kier molecular flexibility index (Phi) is 6.17. The van der Waals surface area contributed by atoms with Gasteiger partial charge in [-0.2, -0.15) is 0 Å². The molecule has 1 fully saturated rings. The van der Waals surface area contributed by atoms with Gasteiger partial charge in [-0.3, -0.25) is 9.78 Å². The lowest BCUT2D eigenvalue weighted by atomic mass is 10.2. The molecule has 1 saturated carbocycles. The largest absolute Gasteiger partial charge is 0.371 e. The summed E-state index contributed by atoms with van der Waals surface area (Å²) in [6, 6.07) is 13.9. The maximum atomic E-state index is 12.9. The Balaban J connectivity index is 1.37. The van der Waals surface area contributed by atoms with Crippen molar-refractivity contribution >= 4 is 28.1 Å². The van der Waals surface area contributed by atoms with Crippen LogP contribution in [0.1, 0.15) is 40.2 Å². The van der Waals surface area contributed by atoms with Gasteiger partial charge < -0.3 is 15.4 Å². The van der Waals surface area contributed by atoms with Crippen molar-refractivity contribution in [2.24, 2.45) is 0 Å². The van der Waals surface area contributed by atoms with Crippen LogP contribution in [0.3, 0.4) is 0 Å². The molecule has 2 N–H and O–H groups in total. The molecule has 1 aromatic carbocycles. The first-order valence-electron chi connectivity index (χ1n) is 9.80. The normalized spacial score (nSPS) is 18.5. The molecule has 2 aromatic heterocycles. The molecule has 6 nitrogen and oxygen atoms in total. The second kappa shape index (κ2) is 9.15. The van der Waals surface area contributed by atoms with Crippen molar-refractivity contribution < 1.29 is 9.53 Å². The highest BCUT2D eigenvalue weighted by atomic mass is 32.1. The molecule has 1 aliphatic rings. The average Bonchev–Trinajstić information content (AvgIpc) is 3.34. The molecule has 2 heterocycles. The van der Waals surface area contributed by atoms with Crippen LogP contribution in [0.15, 0.2) is 54.9 Å². The van der Waals surface area contributed by atoms with Crippen LogP contribution in [0.2, 0.25) is 0 Å². The number of aromatic nitrogens is 2. The van der Waals surface area contributed by atoms with Gasteiger partial charge in [0.05, 0.1) is 24.4 Å². The number of aryl methyl sites for hydroxylation is 1. The van der Waals surface area contributed by atoms with E-state index in [0.717, 1.165) is 36.2 Å². The van der Waals surface area contributed by atoms with Gasteiger partial charge in [0.25, 0.3) is 5.91 Å². The van der Waals surface area contributed by atoms with E-state index in [1.54, 1.807) is 12.4 Å². The number of thiazole rings is 1. The number of carbonyl (C=O) groups excluding carboxylic acids is 1. The SMILES string of the molecule is Cc1nc(Nc2ccncc2)sc1C(=O)N[C@H]1CCC[C@@H]1OCc1ccccc1. The van der Waals surface area contributed by atoms with Gasteiger partial charge in [0.2, 0.25) is 0 Å². The van der Waals surface area contributed by atoms with Crippen LogP contribution in [0.4, 0.5) is 10.8 Å². The number of rotatable bonds is 7. The Labute approximate surface area is 174 Å². The van der Waals surface area contributed by atoms with Crippen LogP contribution < -0.4 is 10.6 Å². The van der Waals surface area contributed by atoms with E-state index in [9.17, 15) is 4.79 Å². The number of benzene rings is 1. The molecule has 7 heteroatoms. The third kappa shape index (κ3) is 4.99. The van der Waals surface area contributed by atoms with Crippen LogP contribution in [0.25, 0.3) is 0 Å². The lowest BCUT2D eigenvalue weighted by Gasteiger charge is -2.21. The minimum atomic E-state index is -0.0806. The fourth-order valence-electron chi connectivity index (χ4n) is 3.52. The number of carbonyl (C=O) groups is 1. The smallest absolute Gasteiger partial charge is 0.263 e. The van der Waals surface area contributed by atoms with Crippen molar-refractivity contribution in [3.8, 4) is 0 Å². The Morgan fingerprint density at radius 2 is 1.97 bits per heavy atom. The molecule has 2 atom stereocenters. The first-order valence-corrected chi connectivity index (χ1v) is 10.6. The number of pyridine rings is 1.